The number of amides is 1. The van der Waals surface area contributed by atoms with E-state index in [0.29, 0.717) is 23.2 Å². The van der Waals surface area contributed by atoms with Crippen LogP contribution in [0.25, 0.3) is 0 Å². The molecule has 0 spiro atoms. The molecule has 0 bridgehead atoms. The topological polar surface area (TPSA) is 64.3 Å². The molecule has 2 atom stereocenters. The Kier molecular flexibility index (Phi) is 8.01. The van der Waals surface area contributed by atoms with Gasteiger partial charge in [-0.2, -0.15) is 0 Å². The van der Waals surface area contributed by atoms with E-state index in [1.807, 2.05) is 13.0 Å². The Morgan fingerprint density at radius 2 is 2.14 bits per heavy atom. The molecule has 0 saturated heterocycles. The number of rotatable bonds is 5. The van der Waals surface area contributed by atoms with Gasteiger partial charge < -0.3 is 15.8 Å². The number of hydrogen-bond acceptors (Lipinski definition) is 3. The van der Waals surface area contributed by atoms with Gasteiger partial charge in [0.25, 0.3) is 5.91 Å². The Balaban J connectivity index is 0.00000242. The van der Waals surface area contributed by atoms with Crippen LogP contribution in [-0.2, 0) is 4.79 Å². The lowest BCUT2D eigenvalue weighted by Crippen LogP contribution is -2.46. The fourth-order valence-electron chi connectivity index (χ4n) is 2.78. The van der Waals surface area contributed by atoms with Gasteiger partial charge in [0.05, 0.1) is 0 Å². The van der Waals surface area contributed by atoms with E-state index < -0.39 is 0 Å². The largest absolute Gasteiger partial charge is 0.484 e. The smallest absolute Gasteiger partial charge is 0.258 e. The maximum Gasteiger partial charge on any atom is 0.258 e. The van der Waals surface area contributed by atoms with Crippen LogP contribution in [0.5, 0.6) is 5.75 Å². The maximum atomic E-state index is 12.0. The van der Waals surface area contributed by atoms with Crippen LogP contribution < -0.4 is 15.8 Å². The average Bonchev–Trinajstić information content (AvgIpc) is 2.49. The van der Waals surface area contributed by atoms with Crippen molar-refractivity contribution in [2.75, 3.05) is 13.2 Å². The molecule has 1 saturated carbocycles. The first-order valence-corrected chi connectivity index (χ1v) is 7.86. The van der Waals surface area contributed by atoms with Crippen molar-refractivity contribution in [3.05, 3.63) is 28.8 Å². The molecule has 124 valence electrons. The van der Waals surface area contributed by atoms with Crippen LogP contribution in [0.4, 0.5) is 0 Å². The SMILES string of the molecule is Cc1cc(OCC(=O)NC2CCCCC2CN)ccc1Cl.Cl. The number of nitrogens with one attached hydrogen (secondary N) is 1. The highest BCUT2D eigenvalue weighted by molar-refractivity contribution is 6.31. The minimum absolute atomic E-state index is 0. The molecular weight excluding hydrogens is 323 g/mol. The van der Waals surface area contributed by atoms with Crippen molar-refractivity contribution in [3.8, 4) is 5.75 Å². The second kappa shape index (κ2) is 9.23. The van der Waals surface area contributed by atoms with Crippen LogP contribution in [0.3, 0.4) is 0 Å². The van der Waals surface area contributed by atoms with Gasteiger partial charge in [0.15, 0.2) is 6.61 Å². The van der Waals surface area contributed by atoms with E-state index in [-0.39, 0.29) is 31.0 Å². The number of carbonyl (C=O) groups excluding carboxylic acids is 1. The zero-order valence-electron chi connectivity index (χ0n) is 12.8. The van der Waals surface area contributed by atoms with E-state index in [4.69, 9.17) is 22.1 Å². The normalized spacial score (nSPS) is 20.9. The Bertz CT molecular complexity index is 497. The van der Waals surface area contributed by atoms with Gasteiger partial charge in [0.1, 0.15) is 5.75 Å². The van der Waals surface area contributed by atoms with Gasteiger partial charge in [-0.25, -0.2) is 0 Å². The molecule has 3 N–H and O–H groups in total. The van der Waals surface area contributed by atoms with E-state index in [2.05, 4.69) is 5.32 Å². The molecule has 0 aliphatic heterocycles. The minimum Gasteiger partial charge on any atom is -0.484 e. The summed E-state index contributed by atoms with van der Waals surface area (Å²) in [7, 11) is 0. The predicted molar refractivity (Wildman–Crippen MR) is 91.9 cm³/mol. The van der Waals surface area contributed by atoms with Crippen molar-refractivity contribution in [1.29, 1.82) is 0 Å². The lowest BCUT2D eigenvalue weighted by Gasteiger charge is -2.31. The molecule has 4 nitrogen and oxygen atoms in total. The lowest BCUT2D eigenvalue weighted by molar-refractivity contribution is -0.124. The van der Waals surface area contributed by atoms with Gasteiger partial charge >= 0.3 is 0 Å². The molecule has 22 heavy (non-hydrogen) atoms. The molecule has 2 unspecified atom stereocenters. The molecule has 1 aromatic rings. The Morgan fingerprint density at radius 1 is 1.41 bits per heavy atom. The van der Waals surface area contributed by atoms with Gasteiger partial charge in [-0.15, -0.1) is 12.4 Å². The van der Waals surface area contributed by atoms with Crippen LogP contribution in [0.2, 0.25) is 5.02 Å². The molecule has 1 aromatic carbocycles. The van der Waals surface area contributed by atoms with Crippen LogP contribution in [0.1, 0.15) is 31.2 Å². The van der Waals surface area contributed by atoms with E-state index in [0.717, 1.165) is 24.8 Å². The highest BCUT2D eigenvalue weighted by atomic mass is 35.5. The molecular formula is C16H24Cl2N2O2. The van der Waals surface area contributed by atoms with Gasteiger partial charge in [0.2, 0.25) is 0 Å². The van der Waals surface area contributed by atoms with Crippen molar-refractivity contribution in [3.63, 3.8) is 0 Å². The third-order valence-corrected chi connectivity index (χ3v) is 4.48. The van der Waals surface area contributed by atoms with Gasteiger partial charge in [0, 0.05) is 11.1 Å². The summed E-state index contributed by atoms with van der Waals surface area (Å²) >= 11 is 5.96. The van der Waals surface area contributed by atoms with Crippen molar-refractivity contribution in [2.24, 2.45) is 11.7 Å². The summed E-state index contributed by atoms with van der Waals surface area (Å²) in [5.41, 5.74) is 6.71. The average molecular weight is 347 g/mol. The summed E-state index contributed by atoms with van der Waals surface area (Å²) in [4.78, 5) is 12.0. The number of aryl methyl sites for hydroxylation is 1. The summed E-state index contributed by atoms with van der Waals surface area (Å²) in [6, 6.07) is 5.56. The molecule has 0 heterocycles. The molecule has 1 aliphatic carbocycles. The summed E-state index contributed by atoms with van der Waals surface area (Å²) in [6.07, 6.45) is 4.46. The fraction of sp³-hybridized carbons (Fsp3) is 0.562. The van der Waals surface area contributed by atoms with Crippen LogP contribution in [0.15, 0.2) is 18.2 Å². The van der Waals surface area contributed by atoms with Crippen molar-refractivity contribution >= 4 is 29.9 Å². The van der Waals surface area contributed by atoms with Crippen LogP contribution >= 0.6 is 24.0 Å². The zero-order valence-corrected chi connectivity index (χ0v) is 14.4. The summed E-state index contributed by atoms with van der Waals surface area (Å²) in [5.74, 6) is 0.958. The molecule has 0 aromatic heterocycles. The molecule has 1 aliphatic rings. The second-order valence-corrected chi connectivity index (χ2v) is 6.06. The van der Waals surface area contributed by atoms with Crippen LogP contribution in [-0.4, -0.2) is 25.1 Å². The lowest BCUT2D eigenvalue weighted by atomic mass is 9.84. The number of benzene rings is 1. The Hall–Kier alpha value is -0.970. The summed E-state index contributed by atoms with van der Waals surface area (Å²) in [5, 5.41) is 3.74. The molecule has 2 rings (SSSR count). The molecule has 0 radical (unpaired) electrons. The van der Waals surface area contributed by atoms with Crippen molar-refractivity contribution in [2.45, 2.75) is 38.6 Å². The number of hydrogen-bond donors (Lipinski definition) is 2. The first-order valence-electron chi connectivity index (χ1n) is 7.48. The number of nitrogens with two attached hydrogens (primary N) is 1. The van der Waals surface area contributed by atoms with E-state index in [1.165, 1.54) is 6.42 Å². The van der Waals surface area contributed by atoms with Crippen molar-refractivity contribution < 1.29 is 9.53 Å². The van der Waals surface area contributed by atoms with E-state index in [9.17, 15) is 4.79 Å². The quantitative estimate of drug-likeness (QED) is 0.860. The number of carbonyl (C=O) groups is 1. The zero-order chi connectivity index (χ0) is 15.2. The predicted octanol–water partition coefficient (Wildman–Crippen LogP) is 3.08. The number of halogens is 2. The fourth-order valence-corrected chi connectivity index (χ4v) is 2.90. The summed E-state index contributed by atoms with van der Waals surface area (Å²) in [6.45, 7) is 2.56. The van der Waals surface area contributed by atoms with Crippen LogP contribution in [0, 0.1) is 12.8 Å². The Morgan fingerprint density at radius 3 is 2.82 bits per heavy atom. The number of ether oxygens (including phenoxy) is 1. The first kappa shape index (κ1) is 19.1. The van der Waals surface area contributed by atoms with Gasteiger partial charge in [-0.1, -0.05) is 24.4 Å². The standard InChI is InChI=1S/C16H23ClN2O2.ClH/c1-11-8-13(6-7-14(11)17)21-10-16(20)19-15-5-3-2-4-12(15)9-18;/h6-8,12,15H,2-5,9-10,18H2,1H3,(H,19,20);1H. The van der Waals surface area contributed by atoms with Crippen molar-refractivity contribution in [1.82, 2.24) is 5.32 Å². The third-order valence-electron chi connectivity index (χ3n) is 4.06. The molecule has 1 amide bonds. The van der Waals surface area contributed by atoms with E-state index >= 15 is 0 Å². The van der Waals surface area contributed by atoms with Gasteiger partial charge in [-0.3, -0.25) is 4.79 Å². The first-order chi connectivity index (χ1) is 10.1. The van der Waals surface area contributed by atoms with E-state index in [1.54, 1.807) is 12.1 Å². The maximum absolute atomic E-state index is 12.0. The summed E-state index contributed by atoms with van der Waals surface area (Å²) < 4.78 is 5.51. The minimum atomic E-state index is -0.0899. The highest BCUT2D eigenvalue weighted by Gasteiger charge is 2.25. The second-order valence-electron chi connectivity index (χ2n) is 5.65. The Labute approximate surface area is 143 Å². The highest BCUT2D eigenvalue weighted by Crippen LogP contribution is 2.24. The molecule has 6 heteroatoms. The molecule has 1 fully saturated rings. The van der Waals surface area contributed by atoms with Gasteiger partial charge in [-0.05, 0) is 56.0 Å². The monoisotopic (exact) mass is 346 g/mol. The third kappa shape index (κ3) is 5.34.